The largest absolute Gasteiger partial charge is 0.497 e. The van der Waals surface area contributed by atoms with Gasteiger partial charge in [0.1, 0.15) is 17.3 Å². The van der Waals surface area contributed by atoms with Crippen molar-refractivity contribution in [3.05, 3.63) is 57.8 Å². The van der Waals surface area contributed by atoms with Crippen LogP contribution in [0.25, 0.3) is 5.82 Å². The number of nitrogens with one attached hydrogen (secondary N) is 1. The Morgan fingerprint density at radius 3 is 2.58 bits per heavy atom. The van der Waals surface area contributed by atoms with Crippen LogP contribution in [0.3, 0.4) is 0 Å². The first-order chi connectivity index (χ1) is 14.6. The number of pyridine rings is 1. The zero-order valence-corrected chi connectivity index (χ0v) is 19.5. The molecule has 3 aromatic rings. The molecule has 0 saturated heterocycles. The lowest BCUT2D eigenvalue weighted by Gasteiger charge is -2.23. The van der Waals surface area contributed by atoms with Crippen molar-refractivity contribution in [1.29, 1.82) is 0 Å². The average Bonchev–Trinajstić information content (AvgIpc) is 3.05. The summed E-state index contributed by atoms with van der Waals surface area (Å²) in [5.74, 6) is 1.79. The van der Waals surface area contributed by atoms with E-state index in [9.17, 15) is 4.79 Å². The monoisotopic (exact) mass is 462 g/mol. The van der Waals surface area contributed by atoms with Gasteiger partial charge in [0.25, 0.3) is 5.91 Å². The molecule has 1 aromatic carbocycles. The Labute approximate surface area is 191 Å². The second-order valence-corrected chi connectivity index (χ2v) is 8.83. The normalized spacial score (nSPS) is 11.3. The van der Waals surface area contributed by atoms with Gasteiger partial charge in [0.2, 0.25) is 0 Å². The van der Waals surface area contributed by atoms with Crippen molar-refractivity contribution in [2.75, 3.05) is 19.0 Å². The van der Waals surface area contributed by atoms with Gasteiger partial charge >= 0.3 is 0 Å². The van der Waals surface area contributed by atoms with E-state index in [-0.39, 0.29) is 17.9 Å². The van der Waals surface area contributed by atoms with Crippen LogP contribution in [0.15, 0.2) is 36.5 Å². The zero-order chi connectivity index (χ0) is 22.8. The number of hydrogen-bond donors (Lipinski definition) is 1. The van der Waals surface area contributed by atoms with Crippen LogP contribution in [0.2, 0.25) is 10.0 Å². The van der Waals surface area contributed by atoms with Crippen molar-refractivity contribution in [3.8, 4) is 17.3 Å². The van der Waals surface area contributed by atoms with Gasteiger partial charge in [-0.1, -0.05) is 44.0 Å². The van der Waals surface area contributed by atoms with Crippen LogP contribution in [0.5, 0.6) is 11.5 Å². The molecule has 0 fully saturated rings. The highest BCUT2D eigenvalue weighted by Gasteiger charge is 2.21. The number of methoxy groups -OCH3 is 1. The second kappa shape index (κ2) is 9.16. The lowest BCUT2D eigenvalue weighted by Crippen LogP contribution is -2.23. The van der Waals surface area contributed by atoms with Crippen LogP contribution in [0.1, 0.15) is 32.0 Å². The van der Waals surface area contributed by atoms with E-state index in [0.29, 0.717) is 33.1 Å². The molecular weight excluding hydrogens is 439 g/mol. The fraction of sp³-hybridized carbons (Fsp3) is 0.318. The number of benzene rings is 1. The van der Waals surface area contributed by atoms with Crippen molar-refractivity contribution >= 4 is 34.9 Å². The van der Waals surface area contributed by atoms with Crippen LogP contribution in [0, 0.1) is 6.92 Å². The van der Waals surface area contributed by atoms with Crippen LogP contribution < -0.4 is 14.8 Å². The Kier molecular flexibility index (Phi) is 6.77. The maximum absolute atomic E-state index is 12.6. The topological polar surface area (TPSA) is 78.3 Å². The summed E-state index contributed by atoms with van der Waals surface area (Å²) in [7, 11) is 1.61. The summed E-state index contributed by atoms with van der Waals surface area (Å²) >= 11 is 12.2. The molecule has 7 nitrogen and oxygen atoms in total. The van der Waals surface area contributed by atoms with Gasteiger partial charge in [-0.25, -0.2) is 4.98 Å². The number of halogens is 2. The highest BCUT2D eigenvalue weighted by Crippen LogP contribution is 2.34. The van der Waals surface area contributed by atoms with E-state index in [0.717, 1.165) is 11.3 Å². The predicted molar refractivity (Wildman–Crippen MR) is 122 cm³/mol. The summed E-state index contributed by atoms with van der Waals surface area (Å²) in [6, 6.07) is 8.81. The van der Waals surface area contributed by atoms with Gasteiger partial charge in [0, 0.05) is 17.8 Å². The molecule has 0 aliphatic carbocycles. The maximum Gasteiger partial charge on any atom is 0.263 e. The molecule has 164 valence electrons. The van der Waals surface area contributed by atoms with E-state index < -0.39 is 0 Å². The first-order valence-corrected chi connectivity index (χ1v) is 10.3. The van der Waals surface area contributed by atoms with Crippen molar-refractivity contribution < 1.29 is 14.3 Å². The fourth-order valence-corrected chi connectivity index (χ4v) is 3.44. The van der Waals surface area contributed by atoms with E-state index in [1.54, 1.807) is 38.3 Å². The van der Waals surface area contributed by atoms with Gasteiger partial charge < -0.3 is 14.8 Å². The van der Waals surface area contributed by atoms with Crippen LogP contribution in [0.4, 0.5) is 5.82 Å². The third kappa shape index (κ3) is 5.48. The van der Waals surface area contributed by atoms with Gasteiger partial charge in [0.05, 0.1) is 22.8 Å². The molecule has 0 atom stereocenters. The summed E-state index contributed by atoms with van der Waals surface area (Å²) < 4.78 is 12.6. The number of aromatic nitrogens is 3. The first-order valence-electron chi connectivity index (χ1n) is 9.57. The number of carbonyl (C=O) groups excluding carboxylic acids is 1. The molecule has 0 radical (unpaired) electrons. The molecule has 1 N–H and O–H groups in total. The summed E-state index contributed by atoms with van der Waals surface area (Å²) in [6.07, 6.45) is 1.46. The Morgan fingerprint density at radius 2 is 1.94 bits per heavy atom. The summed E-state index contributed by atoms with van der Waals surface area (Å²) in [6.45, 7) is 7.83. The lowest BCUT2D eigenvalue weighted by atomic mass is 9.86. The molecule has 31 heavy (non-hydrogen) atoms. The number of amides is 1. The minimum absolute atomic E-state index is 0.179. The Hall–Kier alpha value is -2.77. The first kappa shape index (κ1) is 22.9. The SMILES string of the molecule is COc1ccc(OCC(=O)Nc2cc(C)nn2-c2ncc(Cl)cc2Cl)c(C(C)(C)C)c1. The quantitative estimate of drug-likeness (QED) is 0.543. The number of nitrogens with zero attached hydrogens (tertiary/aromatic N) is 3. The maximum atomic E-state index is 12.6. The standard InChI is InChI=1S/C22H24Cl2N4O3/c1-13-8-19(28(27-13)21-17(24)9-14(23)11-25-21)26-20(29)12-31-18-7-6-15(30-5)10-16(18)22(2,3)4/h6-11H,12H2,1-5H3,(H,26,29). The third-order valence-electron chi connectivity index (χ3n) is 4.44. The number of rotatable bonds is 6. The molecule has 9 heteroatoms. The van der Waals surface area contributed by atoms with Gasteiger partial charge in [-0.15, -0.1) is 0 Å². The minimum Gasteiger partial charge on any atom is -0.497 e. The van der Waals surface area contributed by atoms with Crippen LogP contribution >= 0.6 is 23.2 Å². The minimum atomic E-state index is -0.345. The zero-order valence-electron chi connectivity index (χ0n) is 18.0. The van der Waals surface area contributed by atoms with Gasteiger partial charge in [-0.2, -0.15) is 9.78 Å². The van der Waals surface area contributed by atoms with Crippen molar-refractivity contribution in [2.24, 2.45) is 0 Å². The Balaban J connectivity index is 1.77. The third-order valence-corrected chi connectivity index (χ3v) is 4.93. The molecule has 2 heterocycles. The number of carbonyl (C=O) groups is 1. The average molecular weight is 463 g/mol. The summed E-state index contributed by atoms with van der Waals surface area (Å²) in [5, 5.41) is 7.89. The second-order valence-electron chi connectivity index (χ2n) is 7.99. The number of aryl methyl sites for hydroxylation is 1. The molecule has 0 unspecified atom stereocenters. The number of anilines is 1. The lowest BCUT2D eigenvalue weighted by molar-refractivity contribution is -0.118. The Morgan fingerprint density at radius 1 is 1.19 bits per heavy atom. The van der Waals surface area contributed by atoms with Crippen LogP contribution in [-0.4, -0.2) is 34.4 Å². The molecule has 0 bridgehead atoms. The molecule has 0 spiro atoms. The van der Waals surface area contributed by atoms with E-state index in [4.69, 9.17) is 32.7 Å². The van der Waals surface area contributed by atoms with E-state index in [2.05, 4.69) is 36.2 Å². The van der Waals surface area contributed by atoms with Crippen molar-refractivity contribution in [3.63, 3.8) is 0 Å². The molecule has 0 aliphatic rings. The Bertz CT molecular complexity index is 1110. The van der Waals surface area contributed by atoms with Gasteiger partial charge in [0.15, 0.2) is 12.4 Å². The van der Waals surface area contributed by atoms with Gasteiger partial charge in [-0.05, 0) is 36.6 Å². The van der Waals surface area contributed by atoms with Crippen molar-refractivity contribution in [1.82, 2.24) is 14.8 Å². The van der Waals surface area contributed by atoms with Crippen LogP contribution in [-0.2, 0) is 10.2 Å². The highest BCUT2D eigenvalue weighted by atomic mass is 35.5. The molecule has 2 aromatic heterocycles. The fourth-order valence-electron chi connectivity index (χ4n) is 2.98. The highest BCUT2D eigenvalue weighted by molar-refractivity contribution is 6.35. The smallest absolute Gasteiger partial charge is 0.263 e. The van der Waals surface area contributed by atoms with E-state index in [1.165, 1.54) is 10.9 Å². The van der Waals surface area contributed by atoms with Crippen molar-refractivity contribution in [2.45, 2.75) is 33.1 Å². The molecule has 0 saturated carbocycles. The summed E-state index contributed by atoms with van der Waals surface area (Å²) in [4.78, 5) is 16.8. The van der Waals surface area contributed by atoms with E-state index >= 15 is 0 Å². The number of hydrogen-bond acceptors (Lipinski definition) is 5. The predicted octanol–water partition coefficient (Wildman–Crippen LogP) is 5.21. The van der Waals surface area contributed by atoms with E-state index in [1.807, 2.05) is 6.07 Å². The molecule has 1 amide bonds. The molecule has 0 aliphatic heterocycles. The van der Waals surface area contributed by atoms with Gasteiger partial charge in [-0.3, -0.25) is 4.79 Å². The number of ether oxygens (including phenoxy) is 2. The molecule has 3 rings (SSSR count). The molecular formula is C22H24Cl2N4O3. The summed E-state index contributed by atoms with van der Waals surface area (Å²) in [5.41, 5.74) is 1.44.